The highest BCUT2D eigenvalue weighted by Gasteiger charge is 2.13. The van der Waals surface area contributed by atoms with Crippen molar-refractivity contribution in [3.8, 4) is 0 Å². The summed E-state index contributed by atoms with van der Waals surface area (Å²) in [4.78, 5) is 16.0. The summed E-state index contributed by atoms with van der Waals surface area (Å²) in [6, 6.07) is 4.62. The van der Waals surface area contributed by atoms with Gasteiger partial charge in [0.25, 0.3) is 5.91 Å². The van der Waals surface area contributed by atoms with E-state index in [9.17, 15) is 18.0 Å². The Balaban J connectivity index is 1.68. The lowest BCUT2D eigenvalue weighted by molar-refractivity contribution is 0.102. The molecule has 2 aromatic heterocycles. The average molecular weight is 363 g/mol. The molecule has 2 heterocycles. The number of imidazole rings is 1. The van der Waals surface area contributed by atoms with Gasteiger partial charge < -0.3 is 15.0 Å². The van der Waals surface area contributed by atoms with Crippen molar-refractivity contribution in [2.45, 2.75) is 13.2 Å². The van der Waals surface area contributed by atoms with E-state index in [-0.39, 0.29) is 30.2 Å². The second-order valence-electron chi connectivity index (χ2n) is 5.33. The molecular weight excluding hydrogens is 351 g/mol. The molecule has 0 aliphatic carbocycles. The van der Waals surface area contributed by atoms with Crippen LogP contribution in [0.2, 0.25) is 0 Å². The lowest BCUT2D eigenvalue weighted by atomic mass is 10.2. The number of hydrogen-bond donors (Lipinski definition) is 2. The second-order valence-corrected chi connectivity index (χ2v) is 5.33. The lowest BCUT2D eigenvalue weighted by Gasteiger charge is -2.04. The topological polar surface area (TPSA) is 92.9 Å². The Labute approximate surface area is 145 Å². The molecule has 0 radical (unpaired) electrons. The normalized spacial score (nSPS) is 10.8. The Kier molecular flexibility index (Phi) is 4.94. The molecule has 0 fully saturated rings. The zero-order valence-corrected chi connectivity index (χ0v) is 13.2. The van der Waals surface area contributed by atoms with E-state index in [1.165, 1.54) is 29.2 Å². The first kappa shape index (κ1) is 17.5. The number of halogens is 3. The van der Waals surface area contributed by atoms with Crippen LogP contribution in [0.25, 0.3) is 0 Å². The molecule has 10 heteroatoms. The third-order valence-corrected chi connectivity index (χ3v) is 3.40. The van der Waals surface area contributed by atoms with Crippen LogP contribution in [0.3, 0.4) is 0 Å². The van der Waals surface area contributed by atoms with Crippen molar-refractivity contribution in [1.82, 2.24) is 19.7 Å². The van der Waals surface area contributed by atoms with Crippen LogP contribution in [0.5, 0.6) is 0 Å². The molecule has 0 atom stereocenters. The number of carbonyl (C=O) groups is 1. The summed E-state index contributed by atoms with van der Waals surface area (Å²) in [6.07, 6.45) is 2.78. The van der Waals surface area contributed by atoms with E-state index in [1.54, 1.807) is 0 Å². The van der Waals surface area contributed by atoms with Crippen LogP contribution in [0, 0.1) is 17.5 Å². The predicted octanol–water partition coefficient (Wildman–Crippen LogP) is 1.88. The summed E-state index contributed by atoms with van der Waals surface area (Å²) in [6.45, 7) is -0.258. The summed E-state index contributed by atoms with van der Waals surface area (Å²) in [5.74, 6) is -4.46. The van der Waals surface area contributed by atoms with Crippen LogP contribution < -0.4 is 5.32 Å². The molecular formula is C16H12F3N5O2. The van der Waals surface area contributed by atoms with E-state index in [0.29, 0.717) is 5.69 Å². The average Bonchev–Trinajstić information content (AvgIpc) is 3.06. The van der Waals surface area contributed by atoms with E-state index >= 15 is 0 Å². The van der Waals surface area contributed by atoms with Gasteiger partial charge in [-0.25, -0.2) is 18.2 Å². The number of rotatable bonds is 5. The van der Waals surface area contributed by atoms with E-state index in [2.05, 4.69) is 20.5 Å². The van der Waals surface area contributed by atoms with Gasteiger partial charge in [0, 0.05) is 12.7 Å². The number of carbonyl (C=O) groups excluding carboxylic acids is 1. The molecule has 7 nitrogen and oxygen atoms in total. The lowest BCUT2D eigenvalue weighted by Crippen LogP contribution is -2.15. The van der Waals surface area contributed by atoms with Gasteiger partial charge in [-0.2, -0.15) is 5.10 Å². The Morgan fingerprint density at radius 3 is 2.50 bits per heavy atom. The molecule has 1 aromatic carbocycles. The number of amides is 1. The van der Waals surface area contributed by atoms with E-state index in [4.69, 9.17) is 5.11 Å². The quantitative estimate of drug-likeness (QED) is 0.676. The first-order valence-corrected chi connectivity index (χ1v) is 7.36. The molecule has 3 aromatic rings. The predicted molar refractivity (Wildman–Crippen MR) is 83.6 cm³/mol. The van der Waals surface area contributed by atoms with Gasteiger partial charge in [0.15, 0.2) is 29.0 Å². The van der Waals surface area contributed by atoms with Crippen molar-refractivity contribution in [2.75, 3.05) is 5.32 Å². The number of anilines is 1. The molecule has 1 amide bonds. The largest absolute Gasteiger partial charge is 0.390 e. The fourth-order valence-corrected chi connectivity index (χ4v) is 2.17. The summed E-state index contributed by atoms with van der Waals surface area (Å²) in [5.41, 5.74) is 0.547. The van der Waals surface area contributed by atoms with Crippen LogP contribution in [-0.2, 0) is 13.2 Å². The molecule has 0 aliphatic rings. The van der Waals surface area contributed by atoms with Crippen LogP contribution in [0.15, 0.2) is 36.8 Å². The van der Waals surface area contributed by atoms with Gasteiger partial charge in [-0.1, -0.05) is 0 Å². The molecule has 0 saturated carbocycles. The van der Waals surface area contributed by atoms with Crippen LogP contribution >= 0.6 is 0 Å². The highest BCUT2D eigenvalue weighted by molar-refractivity contribution is 6.02. The van der Waals surface area contributed by atoms with Gasteiger partial charge in [0.1, 0.15) is 0 Å². The highest BCUT2D eigenvalue weighted by Crippen LogP contribution is 2.15. The van der Waals surface area contributed by atoms with Crippen LogP contribution in [0.4, 0.5) is 19.0 Å². The summed E-state index contributed by atoms with van der Waals surface area (Å²) in [5, 5.41) is 18.7. The van der Waals surface area contributed by atoms with E-state index in [0.717, 1.165) is 12.1 Å². The van der Waals surface area contributed by atoms with Crippen molar-refractivity contribution >= 4 is 11.7 Å². The maximum atomic E-state index is 13.2. The maximum absolute atomic E-state index is 13.2. The van der Waals surface area contributed by atoms with Gasteiger partial charge >= 0.3 is 0 Å². The molecule has 26 heavy (non-hydrogen) atoms. The standard InChI is InChI=1S/C16H12F3N5O2/c17-11-3-9(4-12(18)15(11)19)5-24-6-14(20-8-24)21-16(26)13-2-1-10(7-25)22-23-13/h1-4,6,8,25H,5,7H2,(H,21,26). The molecule has 0 saturated heterocycles. The highest BCUT2D eigenvalue weighted by atomic mass is 19.2. The van der Waals surface area contributed by atoms with Crippen molar-refractivity contribution in [2.24, 2.45) is 0 Å². The molecule has 3 rings (SSSR count). The fourth-order valence-electron chi connectivity index (χ4n) is 2.17. The summed E-state index contributed by atoms with van der Waals surface area (Å²) < 4.78 is 40.9. The number of nitrogens with zero attached hydrogens (tertiary/aromatic N) is 4. The first-order chi connectivity index (χ1) is 12.5. The minimum absolute atomic E-state index is 0.0272. The minimum Gasteiger partial charge on any atom is -0.390 e. The number of aliphatic hydroxyl groups excluding tert-OH is 1. The van der Waals surface area contributed by atoms with Gasteiger partial charge in [-0.05, 0) is 29.8 Å². The van der Waals surface area contributed by atoms with Crippen molar-refractivity contribution in [3.05, 3.63) is 71.2 Å². The third kappa shape index (κ3) is 3.86. The first-order valence-electron chi connectivity index (χ1n) is 7.36. The minimum atomic E-state index is -1.53. The molecule has 0 aliphatic heterocycles. The Morgan fingerprint density at radius 2 is 1.88 bits per heavy atom. The molecule has 0 bridgehead atoms. The Bertz CT molecular complexity index is 920. The van der Waals surface area contributed by atoms with Crippen molar-refractivity contribution in [3.63, 3.8) is 0 Å². The number of hydrogen-bond acceptors (Lipinski definition) is 5. The second kappa shape index (κ2) is 7.31. The summed E-state index contributed by atoms with van der Waals surface area (Å²) >= 11 is 0. The molecule has 134 valence electrons. The fraction of sp³-hybridized carbons (Fsp3) is 0.125. The van der Waals surface area contributed by atoms with Gasteiger partial charge in [0.05, 0.1) is 18.6 Å². The molecule has 0 unspecified atom stereocenters. The zero-order valence-electron chi connectivity index (χ0n) is 13.2. The SMILES string of the molecule is O=C(Nc1cn(Cc2cc(F)c(F)c(F)c2)cn1)c1ccc(CO)nn1. The van der Waals surface area contributed by atoms with Gasteiger partial charge in [-0.3, -0.25) is 4.79 Å². The van der Waals surface area contributed by atoms with Crippen molar-refractivity contribution < 1.29 is 23.1 Å². The van der Waals surface area contributed by atoms with Crippen LogP contribution in [0.1, 0.15) is 21.7 Å². The number of aromatic nitrogens is 4. The maximum Gasteiger partial charge on any atom is 0.277 e. The third-order valence-electron chi connectivity index (χ3n) is 3.40. The van der Waals surface area contributed by atoms with Crippen LogP contribution in [-0.4, -0.2) is 30.8 Å². The zero-order chi connectivity index (χ0) is 18.7. The van der Waals surface area contributed by atoms with E-state index < -0.39 is 23.4 Å². The number of benzene rings is 1. The monoisotopic (exact) mass is 363 g/mol. The molecule has 2 N–H and O–H groups in total. The Morgan fingerprint density at radius 1 is 1.15 bits per heavy atom. The van der Waals surface area contributed by atoms with Gasteiger partial charge in [0.2, 0.25) is 0 Å². The van der Waals surface area contributed by atoms with Gasteiger partial charge in [-0.15, -0.1) is 5.10 Å². The number of aliphatic hydroxyl groups is 1. The molecule has 0 spiro atoms. The summed E-state index contributed by atoms with van der Waals surface area (Å²) in [7, 11) is 0. The van der Waals surface area contributed by atoms with E-state index in [1.807, 2.05) is 0 Å². The Hall–Kier alpha value is -3.27. The smallest absolute Gasteiger partial charge is 0.277 e. The number of nitrogens with one attached hydrogen (secondary N) is 1. The van der Waals surface area contributed by atoms with Crippen molar-refractivity contribution in [1.29, 1.82) is 0 Å².